The normalized spacial score (nSPS) is 14.9. The van der Waals surface area contributed by atoms with Gasteiger partial charge in [-0.1, -0.05) is 12.1 Å². The molecular weight excluding hydrogens is 369 g/mol. The zero-order valence-electron chi connectivity index (χ0n) is 15.1. The highest BCUT2D eigenvalue weighted by molar-refractivity contribution is 7.17. The van der Waals surface area contributed by atoms with Crippen molar-refractivity contribution in [2.45, 2.75) is 32.2 Å². The highest BCUT2D eigenvalue weighted by atomic mass is 32.1. The first-order valence-electron chi connectivity index (χ1n) is 8.92. The SMILES string of the molecule is Cc1cc(C(=O)N(CCC(=O)O)C2CCOCC2)sc1-c1ccc(F)cc1. The predicted molar refractivity (Wildman–Crippen MR) is 102 cm³/mol. The van der Waals surface area contributed by atoms with E-state index in [4.69, 9.17) is 9.84 Å². The molecule has 27 heavy (non-hydrogen) atoms. The molecule has 144 valence electrons. The molecule has 0 saturated carbocycles. The number of carboxylic acids is 1. The summed E-state index contributed by atoms with van der Waals surface area (Å²) in [4.78, 5) is 27.3. The van der Waals surface area contributed by atoms with Crippen LogP contribution in [-0.4, -0.2) is 47.7 Å². The Bertz CT molecular complexity index is 812. The molecule has 5 nitrogen and oxygen atoms in total. The number of carboxylic acid groups (broad SMARTS) is 1. The van der Waals surface area contributed by atoms with Crippen molar-refractivity contribution in [3.63, 3.8) is 0 Å². The number of carbonyl (C=O) groups excluding carboxylic acids is 1. The van der Waals surface area contributed by atoms with Crippen molar-refractivity contribution in [3.05, 3.63) is 46.6 Å². The van der Waals surface area contributed by atoms with Gasteiger partial charge in [0.15, 0.2) is 0 Å². The van der Waals surface area contributed by atoms with E-state index in [-0.39, 0.29) is 30.7 Å². The third-order valence-corrected chi connectivity index (χ3v) is 5.97. The third-order valence-electron chi connectivity index (χ3n) is 4.69. The number of ether oxygens (including phenoxy) is 1. The number of halogens is 1. The number of benzene rings is 1. The highest BCUT2D eigenvalue weighted by Crippen LogP contribution is 2.33. The minimum Gasteiger partial charge on any atom is -0.481 e. The molecule has 1 aromatic carbocycles. The Kier molecular flexibility index (Phi) is 6.23. The van der Waals surface area contributed by atoms with Crippen molar-refractivity contribution in [3.8, 4) is 10.4 Å². The fourth-order valence-electron chi connectivity index (χ4n) is 3.28. The Hall–Kier alpha value is -2.25. The van der Waals surface area contributed by atoms with Gasteiger partial charge in [-0.15, -0.1) is 11.3 Å². The van der Waals surface area contributed by atoms with E-state index in [1.807, 2.05) is 13.0 Å². The summed E-state index contributed by atoms with van der Waals surface area (Å²) in [7, 11) is 0. The maximum Gasteiger partial charge on any atom is 0.305 e. The van der Waals surface area contributed by atoms with Gasteiger partial charge in [0.05, 0.1) is 11.3 Å². The van der Waals surface area contributed by atoms with Gasteiger partial charge in [0.1, 0.15) is 5.82 Å². The summed E-state index contributed by atoms with van der Waals surface area (Å²) in [5.74, 6) is -1.37. The largest absolute Gasteiger partial charge is 0.481 e. The molecule has 0 aliphatic carbocycles. The monoisotopic (exact) mass is 391 g/mol. The molecule has 1 amide bonds. The molecule has 0 atom stereocenters. The topological polar surface area (TPSA) is 66.8 Å². The third kappa shape index (κ3) is 4.73. The van der Waals surface area contributed by atoms with Gasteiger partial charge in [0.2, 0.25) is 0 Å². The number of nitrogens with zero attached hydrogens (tertiary/aromatic N) is 1. The molecule has 1 aromatic heterocycles. The minimum absolute atomic E-state index is 0.0118. The summed E-state index contributed by atoms with van der Waals surface area (Å²) in [6.07, 6.45) is 1.33. The number of aryl methyl sites for hydroxylation is 1. The van der Waals surface area contributed by atoms with Crippen LogP contribution >= 0.6 is 11.3 Å². The van der Waals surface area contributed by atoms with Crippen molar-refractivity contribution in [2.75, 3.05) is 19.8 Å². The first-order valence-corrected chi connectivity index (χ1v) is 9.74. The molecule has 7 heteroatoms. The molecule has 1 aliphatic heterocycles. The van der Waals surface area contributed by atoms with E-state index in [0.717, 1.165) is 16.0 Å². The number of thiophene rings is 1. The molecule has 1 saturated heterocycles. The highest BCUT2D eigenvalue weighted by Gasteiger charge is 2.28. The molecule has 1 N–H and O–H groups in total. The van der Waals surface area contributed by atoms with E-state index in [1.54, 1.807) is 17.0 Å². The summed E-state index contributed by atoms with van der Waals surface area (Å²) in [5.41, 5.74) is 1.81. The lowest BCUT2D eigenvalue weighted by Crippen LogP contribution is -2.44. The van der Waals surface area contributed by atoms with Crippen LogP contribution in [0.4, 0.5) is 4.39 Å². The van der Waals surface area contributed by atoms with Crippen LogP contribution in [0, 0.1) is 12.7 Å². The van der Waals surface area contributed by atoms with Crippen molar-refractivity contribution in [2.24, 2.45) is 0 Å². The van der Waals surface area contributed by atoms with Gasteiger partial charge in [-0.3, -0.25) is 9.59 Å². The van der Waals surface area contributed by atoms with E-state index in [0.29, 0.717) is 30.9 Å². The Labute approximate surface area is 161 Å². The lowest BCUT2D eigenvalue weighted by Gasteiger charge is -2.33. The molecule has 2 aromatic rings. The standard InChI is InChI=1S/C20H22FNO4S/c1-13-12-17(27-19(13)14-2-4-15(21)5-3-14)20(25)22(9-6-18(23)24)16-7-10-26-11-8-16/h2-5,12,16H,6-11H2,1H3,(H,23,24). The van der Waals surface area contributed by atoms with Crippen LogP contribution in [0.5, 0.6) is 0 Å². The van der Waals surface area contributed by atoms with Crippen LogP contribution in [0.3, 0.4) is 0 Å². The van der Waals surface area contributed by atoms with Crippen LogP contribution in [0.25, 0.3) is 10.4 Å². The van der Waals surface area contributed by atoms with Crippen LogP contribution in [0.15, 0.2) is 30.3 Å². The molecule has 2 heterocycles. The first kappa shape index (κ1) is 19.5. The number of aliphatic carboxylic acids is 1. The number of rotatable bonds is 6. The lowest BCUT2D eigenvalue weighted by molar-refractivity contribution is -0.137. The number of hydrogen-bond donors (Lipinski definition) is 1. The Morgan fingerprint density at radius 2 is 1.93 bits per heavy atom. The second-order valence-corrected chi connectivity index (χ2v) is 7.67. The first-order chi connectivity index (χ1) is 13.0. The second-order valence-electron chi connectivity index (χ2n) is 6.62. The quantitative estimate of drug-likeness (QED) is 0.809. The van der Waals surface area contributed by atoms with Gasteiger partial charge in [0, 0.05) is 30.7 Å². The zero-order chi connectivity index (χ0) is 19.4. The van der Waals surface area contributed by atoms with Crippen LogP contribution < -0.4 is 0 Å². The smallest absolute Gasteiger partial charge is 0.305 e. The lowest BCUT2D eigenvalue weighted by atomic mass is 10.1. The van der Waals surface area contributed by atoms with E-state index < -0.39 is 5.97 Å². The molecular formula is C20H22FNO4S. The molecule has 0 bridgehead atoms. The predicted octanol–water partition coefficient (Wildman–Crippen LogP) is 3.96. The van der Waals surface area contributed by atoms with Gasteiger partial charge in [-0.2, -0.15) is 0 Å². The Morgan fingerprint density at radius 3 is 2.56 bits per heavy atom. The van der Waals surface area contributed by atoms with Crippen LogP contribution in [0.1, 0.15) is 34.5 Å². The Morgan fingerprint density at radius 1 is 1.26 bits per heavy atom. The second kappa shape index (κ2) is 8.63. The van der Waals surface area contributed by atoms with Crippen molar-refractivity contribution in [1.29, 1.82) is 0 Å². The maximum absolute atomic E-state index is 13.2. The minimum atomic E-state index is -0.922. The van der Waals surface area contributed by atoms with Crippen molar-refractivity contribution in [1.82, 2.24) is 4.90 Å². The summed E-state index contributed by atoms with van der Waals surface area (Å²) >= 11 is 1.36. The van der Waals surface area contributed by atoms with Crippen molar-refractivity contribution < 1.29 is 23.8 Å². The van der Waals surface area contributed by atoms with Crippen LogP contribution in [-0.2, 0) is 9.53 Å². The molecule has 0 unspecified atom stereocenters. The van der Waals surface area contributed by atoms with E-state index in [2.05, 4.69) is 0 Å². The molecule has 1 fully saturated rings. The average Bonchev–Trinajstić information content (AvgIpc) is 3.05. The van der Waals surface area contributed by atoms with Gasteiger partial charge < -0.3 is 14.7 Å². The van der Waals surface area contributed by atoms with Gasteiger partial charge in [-0.25, -0.2) is 4.39 Å². The van der Waals surface area contributed by atoms with Gasteiger partial charge in [0.25, 0.3) is 5.91 Å². The van der Waals surface area contributed by atoms with E-state index in [1.165, 1.54) is 23.5 Å². The fraction of sp³-hybridized carbons (Fsp3) is 0.400. The Balaban J connectivity index is 1.85. The number of carbonyl (C=O) groups is 2. The van der Waals surface area contributed by atoms with E-state index in [9.17, 15) is 14.0 Å². The average molecular weight is 391 g/mol. The van der Waals surface area contributed by atoms with Gasteiger partial charge in [-0.05, 0) is 49.1 Å². The summed E-state index contributed by atoms with van der Waals surface area (Å²) < 4.78 is 18.6. The molecule has 0 radical (unpaired) electrons. The summed E-state index contributed by atoms with van der Waals surface area (Å²) in [5, 5.41) is 9.04. The van der Waals surface area contributed by atoms with Gasteiger partial charge >= 0.3 is 5.97 Å². The molecule has 0 spiro atoms. The fourth-order valence-corrected chi connectivity index (χ4v) is 4.41. The molecule has 1 aliphatic rings. The molecule has 3 rings (SSSR count). The van der Waals surface area contributed by atoms with E-state index >= 15 is 0 Å². The number of amides is 1. The zero-order valence-corrected chi connectivity index (χ0v) is 15.9. The maximum atomic E-state index is 13.2. The summed E-state index contributed by atoms with van der Waals surface area (Å²) in [6.45, 7) is 3.25. The number of hydrogen-bond acceptors (Lipinski definition) is 4. The van der Waals surface area contributed by atoms with Crippen LogP contribution in [0.2, 0.25) is 0 Å². The van der Waals surface area contributed by atoms with Crippen molar-refractivity contribution >= 4 is 23.2 Å². The summed E-state index contributed by atoms with van der Waals surface area (Å²) in [6, 6.07) is 8.02.